The van der Waals surface area contributed by atoms with E-state index in [-0.39, 0.29) is 42.6 Å². The van der Waals surface area contributed by atoms with Gasteiger partial charge in [-0.2, -0.15) is 8.42 Å². The van der Waals surface area contributed by atoms with Gasteiger partial charge in [-0.3, -0.25) is 4.55 Å². The van der Waals surface area contributed by atoms with E-state index < -0.39 is 10.1 Å². The molecule has 1 aromatic rings. The third-order valence-corrected chi connectivity index (χ3v) is 6.16. The predicted octanol–water partition coefficient (Wildman–Crippen LogP) is 6.43. The van der Waals surface area contributed by atoms with Crippen molar-refractivity contribution in [2.24, 2.45) is 0 Å². The van der Waals surface area contributed by atoms with Crippen molar-refractivity contribution in [2.75, 3.05) is 0 Å². The summed E-state index contributed by atoms with van der Waals surface area (Å²) >= 11 is 0. The van der Waals surface area contributed by atoms with E-state index in [0.717, 1.165) is 18.4 Å². The van der Waals surface area contributed by atoms with Gasteiger partial charge in [0.15, 0.2) is 0 Å². The molecule has 1 aromatic carbocycles. The van der Waals surface area contributed by atoms with Gasteiger partial charge in [0, 0.05) is 0 Å². The summed E-state index contributed by atoms with van der Waals surface area (Å²) in [5.41, 5.74) is 1.14. The number of hydrogen-bond donors (Lipinski definition) is 1. The Morgan fingerprint density at radius 1 is 0.643 bits per heavy atom. The first-order valence-corrected chi connectivity index (χ1v) is 12.5. The summed E-state index contributed by atoms with van der Waals surface area (Å²) < 4.78 is 31.0. The van der Waals surface area contributed by atoms with Gasteiger partial charge in [-0.25, -0.2) is 0 Å². The third kappa shape index (κ3) is 15.3. The third-order valence-electron chi connectivity index (χ3n) is 5.29. The van der Waals surface area contributed by atoms with Crippen molar-refractivity contribution >= 4 is 47.9 Å². The molecule has 1 N–H and O–H groups in total. The number of hydrogen-bond acceptors (Lipinski definition) is 2. The van der Waals surface area contributed by atoms with Gasteiger partial charge in [0.1, 0.15) is 0 Å². The van der Waals surface area contributed by atoms with Crippen molar-refractivity contribution < 1.29 is 13.0 Å². The van der Waals surface area contributed by atoms with Gasteiger partial charge < -0.3 is 0 Å². The van der Waals surface area contributed by atoms with E-state index in [1.165, 1.54) is 102 Å². The van der Waals surface area contributed by atoms with E-state index in [4.69, 9.17) is 4.55 Å². The first-order valence-electron chi connectivity index (χ1n) is 11.1. The van der Waals surface area contributed by atoms with Crippen LogP contribution in [0.1, 0.15) is 109 Å². The number of benzene rings is 1. The van der Waals surface area contributed by atoms with Crippen LogP contribution in [0.4, 0.5) is 0 Å². The molecule has 1 rings (SSSR count). The Kier molecular flexibility index (Phi) is 18.4. The maximum atomic E-state index is 11.0. The molecule has 0 aliphatic carbocycles. The monoisotopic (exact) mass is 438 g/mol. The predicted molar refractivity (Wildman–Crippen MR) is 123 cm³/mol. The first kappa shape index (κ1) is 28.4. The van der Waals surface area contributed by atoms with Crippen LogP contribution in [0.3, 0.4) is 0 Å². The summed E-state index contributed by atoms with van der Waals surface area (Å²) in [6, 6.07) is 6.56. The molecule has 0 amide bonds. The van der Waals surface area contributed by atoms with Crippen LogP contribution >= 0.6 is 0 Å². The van der Waals surface area contributed by atoms with E-state index in [1.807, 2.05) is 0 Å². The SMILES string of the molecule is CCCCCCCCCCCCCCCCCc1ccc(S(=O)(=O)O)cc1.[CaH2]. The van der Waals surface area contributed by atoms with E-state index in [2.05, 4.69) is 6.92 Å². The molecule has 0 atom stereocenters. The molecular weight excluding hydrogens is 396 g/mol. The first-order chi connectivity index (χ1) is 13.0. The average molecular weight is 439 g/mol. The number of rotatable bonds is 17. The average Bonchev–Trinajstić information content (AvgIpc) is 2.64. The molecule has 0 aliphatic heterocycles. The standard InChI is InChI=1S/C23H40O3S.Ca.2H/c1-2-3-4-5-6-7-8-9-10-11-12-13-14-15-16-17-22-18-20-23(21-19-22)27(24,25)26;;;/h18-21H,2-17H2,1H3,(H,24,25,26);;;. The van der Waals surface area contributed by atoms with Crippen molar-refractivity contribution in [1.82, 2.24) is 0 Å². The van der Waals surface area contributed by atoms with Crippen molar-refractivity contribution in [3.63, 3.8) is 0 Å². The fourth-order valence-corrected chi connectivity index (χ4v) is 4.01. The molecule has 3 nitrogen and oxygen atoms in total. The molecule has 28 heavy (non-hydrogen) atoms. The van der Waals surface area contributed by atoms with Gasteiger partial charge in [-0.15, -0.1) is 0 Å². The van der Waals surface area contributed by atoms with Crippen LogP contribution in [-0.2, 0) is 16.5 Å². The number of aryl methyl sites for hydroxylation is 1. The second-order valence-corrected chi connectivity index (χ2v) is 9.24. The minimum absolute atomic E-state index is 0. The molecule has 0 bridgehead atoms. The van der Waals surface area contributed by atoms with Crippen LogP contribution in [0.5, 0.6) is 0 Å². The van der Waals surface area contributed by atoms with Crippen molar-refractivity contribution in [2.45, 2.75) is 115 Å². The van der Waals surface area contributed by atoms with Gasteiger partial charge in [-0.1, -0.05) is 109 Å². The number of unbranched alkanes of at least 4 members (excludes halogenated alkanes) is 14. The summed E-state index contributed by atoms with van der Waals surface area (Å²) in [6.07, 6.45) is 21.4. The Hall–Kier alpha value is 0.390. The van der Waals surface area contributed by atoms with Crippen molar-refractivity contribution in [1.29, 1.82) is 0 Å². The molecule has 0 saturated carbocycles. The van der Waals surface area contributed by atoms with Crippen LogP contribution in [0.2, 0.25) is 0 Å². The zero-order valence-corrected chi connectivity index (χ0v) is 18.1. The summed E-state index contributed by atoms with van der Waals surface area (Å²) in [7, 11) is -4.07. The normalized spacial score (nSPS) is 11.4. The second kappa shape index (κ2) is 18.2. The summed E-state index contributed by atoms with van der Waals surface area (Å²) in [6.45, 7) is 2.27. The van der Waals surface area contributed by atoms with E-state index in [1.54, 1.807) is 12.1 Å². The zero-order chi connectivity index (χ0) is 19.8. The molecular formula is C23H42CaO3S. The molecule has 5 heteroatoms. The molecule has 0 spiro atoms. The fourth-order valence-electron chi connectivity index (χ4n) is 3.53. The van der Waals surface area contributed by atoms with Gasteiger partial charge >= 0.3 is 37.7 Å². The van der Waals surface area contributed by atoms with Gasteiger partial charge in [-0.05, 0) is 30.5 Å². The molecule has 0 heterocycles. The van der Waals surface area contributed by atoms with Gasteiger partial charge in [0.05, 0.1) is 4.90 Å². The quantitative estimate of drug-likeness (QED) is 0.173. The van der Waals surface area contributed by atoms with Crippen molar-refractivity contribution in [3.05, 3.63) is 29.8 Å². The Morgan fingerprint density at radius 2 is 1.00 bits per heavy atom. The van der Waals surface area contributed by atoms with Gasteiger partial charge in [0.2, 0.25) is 0 Å². The van der Waals surface area contributed by atoms with Crippen LogP contribution in [-0.4, -0.2) is 50.7 Å². The minimum atomic E-state index is -4.07. The van der Waals surface area contributed by atoms with Crippen LogP contribution in [0, 0.1) is 0 Å². The molecule has 0 aliphatic rings. The van der Waals surface area contributed by atoms with Crippen LogP contribution < -0.4 is 0 Å². The topological polar surface area (TPSA) is 54.4 Å². The molecule has 160 valence electrons. The molecule has 0 unspecified atom stereocenters. The zero-order valence-electron chi connectivity index (χ0n) is 17.3. The summed E-state index contributed by atoms with van der Waals surface area (Å²) in [4.78, 5) is -0.0252. The Morgan fingerprint density at radius 3 is 1.36 bits per heavy atom. The van der Waals surface area contributed by atoms with Crippen LogP contribution in [0.15, 0.2) is 29.2 Å². The Bertz CT molecular complexity index is 570. The molecule has 0 radical (unpaired) electrons. The molecule has 0 aromatic heterocycles. The summed E-state index contributed by atoms with van der Waals surface area (Å²) in [5, 5.41) is 0. The maximum absolute atomic E-state index is 11.0. The van der Waals surface area contributed by atoms with E-state index >= 15 is 0 Å². The van der Waals surface area contributed by atoms with Crippen molar-refractivity contribution in [3.8, 4) is 0 Å². The van der Waals surface area contributed by atoms with Gasteiger partial charge in [0.25, 0.3) is 10.1 Å². The van der Waals surface area contributed by atoms with Crippen LogP contribution in [0.25, 0.3) is 0 Å². The Labute approximate surface area is 203 Å². The van der Waals surface area contributed by atoms with E-state index in [9.17, 15) is 8.42 Å². The fraction of sp³-hybridized carbons (Fsp3) is 0.739. The molecule has 0 saturated heterocycles. The summed E-state index contributed by atoms with van der Waals surface area (Å²) in [5.74, 6) is 0. The molecule has 0 fully saturated rings. The van der Waals surface area contributed by atoms with E-state index in [0.29, 0.717) is 0 Å². The second-order valence-electron chi connectivity index (χ2n) is 7.82. The Balaban J connectivity index is 0.00000729.